The zero-order valence-corrected chi connectivity index (χ0v) is 15.4. The minimum absolute atomic E-state index is 0.605. The van der Waals surface area contributed by atoms with Gasteiger partial charge in [-0.15, -0.1) is 0 Å². The number of aromatic nitrogens is 4. The molecule has 25 heavy (non-hydrogen) atoms. The normalized spacial score (nSPS) is 15.0. The molecule has 4 nitrogen and oxygen atoms in total. The van der Waals surface area contributed by atoms with E-state index in [2.05, 4.69) is 21.1 Å². The first-order valence-electron chi connectivity index (χ1n) is 8.07. The molecule has 0 radical (unpaired) electrons. The van der Waals surface area contributed by atoms with Crippen LogP contribution in [0.25, 0.3) is 17.6 Å². The molecule has 4 rings (SSSR count). The molecule has 2 aromatic heterocycles. The van der Waals surface area contributed by atoms with E-state index in [1.54, 1.807) is 6.07 Å². The molecule has 6 heteroatoms. The first-order chi connectivity index (χ1) is 12.0. The number of aryl methyl sites for hydroxylation is 3. The number of rotatable bonds is 2. The van der Waals surface area contributed by atoms with Crippen LogP contribution in [0.5, 0.6) is 0 Å². The maximum atomic E-state index is 6.33. The molecule has 0 spiro atoms. The standard InChI is InChI=1S/C19H16Cl2N4/c1-11-7-12(2)24-19(23-11)25-18-14(3-4-15(18)10-22-25)8-13-5-6-16(20)9-17(13)21/h5-10H,3-4H2,1-2H3/b14-8+. The Kier molecular flexibility index (Phi) is 4.10. The van der Waals surface area contributed by atoms with E-state index < -0.39 is 0 Å². The third-order valence-corrected chi connectivity index (χ3v) is 4.83. The lowest BCUT2D eigenvalue weighted by atomic mass is 10.1. The molecule has 0 saturated carbocycles. The van der Waals surface area contributed by atoms with Crippen LogP contribution in [0.4, 0.5) is 0 Å². The van der Waals surface area contributed by atoms with Crippen molar-refractivity contribution in [1.82, 2.24) is 19.7 Å². The SMILES string of the molecule is Cc1cc(C)nc(-n2ncc3c2/C(=C/c2ccc(Cl)cc2Cl)CC3)n1. The van der Waals surface area contributed by atoms with Gasteiger partial charge >= 0.3 is 0 Å². The maximum Gasteiger partial charge on any atom is 0.251 e. The summed E-state index contributed by atoms with van der Waals surface area (Å²) >= 11 is 12.3. The Morgan fingerprint density at radius 1 is 1.04 bits per heavy atom. The lowest BCUT2D eigenvalue weighted by Crippen LogP contribution is -2.07. The number of halogens is 2. The smallest absolute Gasteiger partial charge is 0.216 e. The Morgan fingerprint density at radius 3 is 2.52 bits per heavy atom. The largest absolute Gasteiger partial charge is 0.251 e. The van der Waals surface area contributed by atoms with Crippen molar-refractivity contribution in [3.05, 3.63) is 68.7 Å². The van der Waals surface area contributed by atoms with Gasteiger partial charge in [-0.1, -0.05) is 29.3 Å². The molecule has 0 aliphatic heterocycles. The number of fused-ring (bicyclic) bond motifs is 1. The Labute approximate surface area is 156 Å². The van der Waals surface area contributed by atoms with E-state index in [1.165, 1.54) is 11.1 Å². The molecule has 1 aliphatic rings. The second-order valence-electron chi connectivity index (χ2n) is 6.22. The van der Waals surface area contributed by atoms with Crippen LogP contribution < -0.4 is 0 Å². The lowest BCUT2D eigenvalue weighted by Gasteiger charge is -2.08. The molecule has 0 fully saturated rings. The summed E-state index contributed by atoms with van der Waals surface area (Å²) in [4.78, 5) is 9.09. The van der Waals surface area contributed by atoms with Gasteiger partial charge in [-0.3, -0.25) is 0 Å². The number of allylic oxidation sites excluding steroid dienone is 1. The van der Waals surface area contributed by atoms with E-state index in [1.807, 2.05) is 42.9 Å². The van der Waals surface area contributed by atoms with Crippen molar-refractivity contribution in [2.45, 2.75) is 26.7 Å². The average molecular weight is 371 g/mol. The molecular formula is C19H16Cl2N4. The first-order valence-corrected chi connectivity index (χ1v) is 8.82. The van der Waals surface area contributed by atoms with Gasteiger partial charge in [0.05, 0.1) is 11.9 Å². The van der Waals surface area contributed by atoms with Gasteiger partial charge in [-0.25, -0.2) is 9.97 Å². The van der Waals surface area contributed by atoms with Crippen molar-refractivity contribution in [2.24, 2.45) is 0 Å². The predicted octanol–water partition coefficient (Wildman–Crippen LogP) is 5.07. The summed E-state index contributed by atoms with van der Waals surface area (Å²) in [5, 5.41) is 5.79. The molecule has 3 aromatic rings. The highest BCUT2D eigenvalue weighted by Gasteiger charge is 2.24. The van der Waals surface area contributed by atoms with Crippen molar-refractivity contribution in [3.63, 3.8) is 0 Å². The Balaban J connectivity index is 1.82. The first kappa shape index (κ1) is 16.3. The number of hydrogen-bond acceptors (Lipinski definition) is 3. The molecule has 0 N–H and O–H groups in total. The van der Waals surface area contributed by atoms with Gasteiger partial charge in [0.1, 0.15) is 0 Å². The molecule has 126 valence electrons. The molecule has 0 atom stereocenters. The van der Waals surface area contributed by atoms with E-state index in [-0.39, 0.29) is 0 Å². The van der Waals surface area contributed by atoms with Crippen LogP contribution >= 0.6 is 23.2 Å². The predicted molar refractivity (Wildman–Crippen MR) is 101 cm³/mol. The van der Waals surface area contributed by atoms with Crippen LogP contribution in [0.1, 0.15) is 34.6 Å². The molecule has 2 heterocycles. The minimum atomic E-state index is 0.605. The monoisotopic (exact) mass is 370 g/mol. The van der Waals surface area contributed by atoms with Crippen molar-refractivity contribution >= 4 is 34.9 Å². The summed E-state index contributed by atoms with van der Waals surface area (Å²) in [5.41, 5.74) is 6.25. The van der Waals surface area contributed by atoms with Gasteiger partial charge < -0.3 is 0 Å². The van der Waals surface area contributed by atoms with Gasteiger partial charge in [0.25, 0.3) is 5.95 Å². The summed E-state index contributed by atoms with van der Waals surface area (Å²) in [6.07, 6.45) is 5.90. The fourth-order valence-electron chi connectivity index (χ4n) is 3.20. The van der Waals surface area contributed by atoms with Crippen LogP contribution in [-0.4, -0.2) is 19.7 Å². The van der Waals surface area contributed by atoms with Crippen LogP contribution in [0.15, 0.2) is 30.5 Å². The Hall–Kier alpha value is -2.17. The van der Waals surface area contributed by atoms with Crippen LogP contribution in [-0.2, 0) is 6.42 Å². The van der Waals surface area contributed by atoms with Crippen molar-refractivity contribution in [1.29, 1.82) is 0 Å². The van der Waals surface area contributed by atoms with E-state index in [0.717, 1.165) is 35.5 Å². The van der Waals surface area contributed by atoms with E-state index >= 15 is 0 Å². The van der Waals surface area contributed by atoms with Gasteiger partial charge in [0, 0.05) is 21.4 Å². The van der Waals surface area contributed by atoms with E-state index in [9.17, 15) is 0 Å². The molecular weight excluding hydrogens is 355 g/mol. The highest BCUT2D eigenvalue weighted by molar-refractivity contribution is 6.35. The lowest BCUT2D eigenvalue weighted by molar-refractivity contribution is 0.784. The second-order valence-corrected chi connectivity index (χ2v) is 7.06. The molecule has 1 aromatic carbocycles. The number of nitrogens with zero attached hydrogens (tertiary/aromatic N) is 4. The van der Waals surface area contributed by atoms with Crippen LogP contribution in [0, 0.1) is 13.8 Å². The number of hydrogen-bond donors (Lipinski definition) is 0. The number of benzene rings is 1. The second kappa shape index (κ2) is 6.28. The maximum absolute atomic E-state index is 6.33. The topological polar surface area (TPSA) is 43.6 Å². The minimum Gasteiger partial charge on any atom is -0.216 e. The molecule has 1 aliphatic carbocycles. The summed E-state index contributed by atoms with van der Waals surface area (Å²) < 4.78 is 1.83. The van der Waals surface area contributed by atoms with Crippen LogP contribution in [0.3, 0.4) is 0 Å². The molecule has 0 saturated heterocycles. The molecule has 0 unspecified atom stereocenters. The summed E-state index contributed by atoms with van der Waals surface area (Å²) in [5.74, 6) is 0.605. The van der Waals surface area contributed by atoms with E-state index in [0.29, 0.717) is 16.0 Å². The summed E-state index contributed by atoms with van der Waals surface area (Å²) in [7, 11) is 0. The van der Waals surface area contributed by atoms with Crippen LogP contribution in [0.2, 0.25) is 10.0 Å². The van der Waals surface area contributed by atoms with Crippen molar-refractivity contribution in [2.75, 3.05) is 0 Å². The quantitative estimate of drug-likeness (QED) is 0.632. The highest BCUT2D eigenvalue weighted by Crippen LogP contribution is 2.36. The van der Waals surface area contributed by atoms with Crippen molar-refractivity contribution < 1.29 is 0 Å². The van der Waals surface area contributed by atoms with Crippen molar-refractivity contribution in [3.8, 4) is 5.95 Å². The molecule has 0 bridgehead atoms. The van der Waals surface area contributed by atoms with Gasteiger partial charge in [-0.05, 0) is 67.7 Å². The fraction of sp³-hybridized carbons (Fsp3) is 0.211. The Morgan fingerprint density at radius 2 is 1.80 bits per heavy atom. The fourth-order valence-corrected chi connectivity index (χ4v) is 3.66. The Bertz CT molecular complexity index is 984. The third-order valence-electron chi connectivity index (χ3n) is 4.27. The summed E-state index contributed by atoms with van der Waals surface area (Å²) in [6.45, 7) is 3.93. The zero-order chi connectivity index (χ0) is 17.6. The highest BCUT2D eigenvalue weighted by atomic mass is 35.5. The van der Waals surface area contributed by atoms with E-state index in [4.69, 9.17) is 23.2 Å². The zero-order valence-electron chi connectivity index (χ0n) is 13.9. The van der Waals surface area contributed by atoms with Gasteiger partial charge in [-0.2, -0.15) is 9.78 Å². The van der Waals surface area contributed by atoms with Gasteiger partial charge in [0.2, 0.25) is 0 Å². The van der Waals surface area contributed by atoms with Gasteiger partial charge in [0.15, 0.2) is 0 Å². The average Bonchev–Trinajstić information content (AvgIpc) is 3.12. The molecule has 0 amide bonds. The summed E-state index contributed by atoms with van der Waals surface area (Å²) in [6, 6.07) is 7.50. The third kappa shape index (κ3) is 3.08.